The molecule has 0 spiro atoms. The molecule has 2 heterocycles. The zero-order valence-corrected chi connectivity index (χ0v) is 14.1. The summed E-state index contributed by atoms with van der Waals surface area (Å²) in [7, 11) is 1.74. The second-order valence-electron chi connectivity index (χ2n) is 6.79. The largest absolute Gasteiger partial charge is 0.379 e. The van der Waals surface area contributed by atoms with E-state index in [4.69, 9.17) is 0 Å². The number of nitrogens with one attached hydrogen (secondary N) is 1. The van der Waals surface area contributed by atoms with E-state index in [9.17, 15) is 9.90 Å². The lowest BCUT2D eigenvalue weighted by molar-refractivity contribution is -0.154. The van der Waals surface area contributed by atoms with Crippen LogP contribution < -0.4 is 5.32 Å². The Labute approximate surface area is 137 Å². The number of amides is 1. The number of hydrogen-bond acceptors (Lipinski definition) is 5. The fourth-order valence-corrected chi connectivity index (χ4v) is 3.63. The molecule has 0 aromatic carbocycles. The zero-order valence-electron chi connectivity index (χ0n) is 14.1. The van der Waals surface area contributed by atoms with Crippen LogP contribution >= 0.6 is 0 Å². The Morgan fingerprint density at radius 1 is 1.30 bits per heavy atom. The van der Waals surface area contributed by atoms with Gasteiger partial charge in [-0.15, -0.1) is 0 Å². The van der Waals surface area contributed by atoms with E-state index in [0.717, 1.165) is 37.3 Å². The molecule has 1 fully saturated rings. The molecule has 0 radical (unpaired) electrons. The van der Waals surface area contributed by atoms with E-state index in [1.807, 2.05) is 0 Å². The number of rotatable bonds is 5. The highest BCUT2D eigenvalue weighted by Crippen LogP contribution is 2.22. The number of aliphatic hydroxyl groups is 1. The molecule has 1 aromatic rings. The van der Waals surface area contributed by atoms with Gasteiger partial charge in [0.05, 0.1) is 0 Å². The Kier molecular flexibility index (Phi) is 4.64. The van der Waals surface area contributed by atoms with Crippen molar-refractivity contribution in [1.82, 2.24) is 20.2 Å². The van der Waals surface area contributed by atoms with Crippen molar-refractivity contribution in [3.8, 4) is 0 Å². The maximum absolute atomic E-state index is 12.1. The molecule has 3 rings (SSSR count). The van der Waals surface area contributed by atoms with Crippen molar-refractivity contribution < 1.29 is 9.90 Å². The van der Waals surface area contributed by atoms with Crippen LogP contribution in [0.1, 0.15) is 42.0 Å². The molecule has 1 unspecified atom stereocenters. The van der Waals surface area contributed by atoms with Gasteiger partial charge in [0.2, 0.25) is 0 Å². The van der Waals surface area contributed by atoms with Gasteiger partial charge in [0.1, 0.15) is 5.82 Å². The van der Waals surface area contributed by atoms with E-state index in [1.165, 1.54) is 17.7 Å². The summed E-state index contributed by atoms with van der Waals surface area (Å²) in [6.45, 7) is 3.74. The van der Waals surface area contributed by atoms with Crippen LogP contribution in [0.5, 0.6) is 0 Å². The lowest BCUT2D eigenvalue weighted by Gasteiger charge is -2.36. The molecule has 6 heteroatoms. The highest BCUT2D eigenvalue weighted by molar-refractivity contribution is 5.85. The van der Waals surface area contributed by atoms with Gasteiger partial charge in [-0.3, -0.25) is 4.79 Å². The van der Waals surface area contributed by atoms with E-state index in [2.05, 4.69) is 22.2 Å². The maximum Gasteiger partial charge on any atom is 0.255 e. The van der Waals surface area contributed by atoms with Crippen molar-refractivity contribution in [2.45, 2.75) is 51.0 Å². The highest BCUT2D eigenvalue weighted by atomic mass is 16.3. The number of carbonyl (C=O) groups is 1. The molecule has 6 nitrogen and oxygen atoms in total. The number of fused-ring (bicyclic) bond motifs is 1. The smallest absolute Gasteiger partial charge is 0.255 e. The predicted octanol–water partition coefficient (Wildman–Crippen LogP) is 0.389. The third kappa shape index (κ3) is 3.38. The first-order valence-corrected chi connectivity index (χ1v) is 8.53. The predicted molar refractivity (Wildman–Crippen MR) is 87.2 cm³/mol. The molecule has 0 bridgehead atoms. The molecule has 1 aliphatic carbocycles. The monoisotopic (exact) mass is 318 g/mol. The minimum Gasteiger partial charge on any atom is -0.379 e. The quantitative estimate of drug-likeness (QED) is 0.768. The summed E-state index contributed by atoms with van der Waals surface area (Å²) in [5.41, 5.74) is 2.37. The number of carbonyl (C=O) groups excluding carboxylic acids is 1. The van der Waals surface area contributed by atoms with Crippen LogP contribution in [0.4, 0.5) is 0 Å². The van der Waals surface area contributed by atoms with Crippen molar-refractivity contribution in [2.24, 2.45) is 0 Å². The van der Waals surface area contributed by atoms with Gasteiger partial charge in [0.25, 0.3) is 5.91 Å². The van der Waals surface area contributed by atoms with E-state index in [1.54, 1.807) is 11.9 Å². The molecule has 1 amide bonds. The van der Waals surface area contributed by atoms with Gasteiger partial charge in [-0.25, -0.2) is 9.97 Å². The first-order chi connectivity index (χ1) is 11.0. The summed E-state index contributed by atoms with van der Waals surface area (Å²) < 4.78 is 0. The minimum atomic E-state index is -1.26. The molecule has 2 N–H and O–H groups in total. The van der Waals surface area contributed by atoms with Crippen molar-refractivity contribution in [1.29, 1.82) is 0 Å². The second-order valence-corrected chi connectivity index (χ2v) is 6.79. The van der Waals surface area contributed by atoms with Gasteiger partial charge in [-0.1, -0.05) is 0 Å². The van der Waals surface area contributed by atoms with Crippen molar-refractivity contribution in [3.63, 3.8) is 0 Å². The number of likely N-dealkylation sites (tertiary alicyclic amines) is 1. The van der Waals surface area contributed by atoms with Gasteiger partial charge in [0, 0.05) is 44.5 Å². The third-order valence-electron chi connectivity index (χ3n) is 4.96. The molecule has 126 valence electrons. The average molecular weight is 318 g/mol. The van der Waals surface area contributed by atoms with E-state index in [-0.39, 0.29) is 5.91 Å². The third-order valence-corrected chi connectivity index (χ3v) is 4.96. The minimum absolute atomic E-state index is 0.180. The lowest BCUT2D eigenvalue weighted by Crippen LogP contribution is -2.57. The van der Waals surface area contributed by atoms with E-state index < -0.39 is 5.60 Å². The lowest BCUT2D eigenvalue weighted by atomic mass is 9.92. The fourth-order valence-electron chi connectivity index (χ4n) is 3.63. The topological polar surface area (TPSA) is 78.4 Å². The Balaban J connectivity index is 1.52. The highest BCUT2D eigenvalue weighted by Gasteiger charge is 2.40. The maximum atomic E-state index is 12.1. The zero-order chi connectivity index (χ0) is 16.4. The normalized spacial score (nSPS) is 24.1. The first kappa shape index (κ1) is 16.3. The molecule has 0 saturated carbocycles. The van der Waals surface area contributed by atoms with Gasteiger partial charge >= 0.3 is 0 Å². The Hall–Kier alpha value is -1.53. The summed E-state index contributed by atoms with van der Waals surface area (Å²) in [6, 6.07) is 0. The van der Waals surface area contributed by atoms with E-state index in [0.29, 0.717) is 25.9 Å². The Morgan fingerprint density at radius 2 is 2.13 bits per heavy atom. The van der Waals surface area contributed by atoms with Gasteiger partial charge < -0.3 is 15.3 Å². The van der Waals surface area contributed by atoms with Crippen LogP contribution in [0.2, 0.25) is 0 Å². The van der Waals surface area contributed by atoms with Crippen molar-refractivity contribution in [2.75, 3.05) is 26.7 Å². The molecule has 2 aliphatic rings. The van der Waals surface area contributed by atoms with E-state index >= 15 is 0 Å². The van der Waals surface area contributed by atoms with Crippen LogP contribution in [-0.2, 0) is 24.1 Å². The van der Waals surface area contributed by atoms with Crippen molar-refractivity contribution in [3.05, 3.63) is 22.8 Å². The van der Waals surface area contributed by atoms with Crippen LogP contribution in [0.3, 0.4) is 0 Å². The number of piperidine rings is 1. The number of aromatic nitrogens is 2. The fraction of sp³-hybridized carbons (Fsp3) is 0.706. The summed E-state index contributed by atoms with van der Waals surface area (Å²) in [5, 5.41) is 13.7. The molecule has 1 saturated heterocycles. The van der Waals surface area contributed by atoms with Crippen LogP contribution in [-0.4, -0.2) is 58.2 Å². The van der Waals surface area contributed by atoms with Crippen LogP contribution in [0, 0.1) is 6.92 Å². The Bertz CT molecular complexity index is 605. The molecule has 1 aromatic heterocycles. The SMILES string of the molecule is Cc1nc(CCNCC2(O)CCCN(C)C2=O)nc2c1CCC2. The average Bonchev–Trinajstić information content (AvgIpc) is 2.98. The second kappa shape index (κ2) is 6.53. The number of nitrogens with zero attached hydrogens (tertiary/aromatic N) is 3. The molecule has 1 atom stereocenters. The molecule has 23 heavy (non-hydrogen) atoms. The summed E-state index contributed by atoms with van der Waals surface area (Å²) in [4.78, 5) is 22.9. The molecular weight excluding hydrogens is 292 g/mol. The molecular formula is C17H26N4O2. The van der Waals surface area contributed by atoms with Crippen molar-refractivity contribution >= 4 is 5.91 Å². The number of aryl methyl sites for hydroxylation is 2. The molecule has 1 aliphatic heterocycles. The first-order valence-electron chi connectivity index (χ1n) is 8.53. The standard InChI is InChI=1S/C17H26N4O2/c1-12-13-5-3-6-14(13)20-15(19-12)7-9-18-11-17(23)8-4-10-21(2)16(17)22/h18,23H,3-11H2,1-2H3. The van der Waals surface area contributed by atoms with Gasteiger partial charge in [-0.2, -0.15) is 0 Å². The van der Waals surface area contributed by atoms with Crippen LogP contribution in [0.15, 0.2) is 0 Å². The van der Waals surface area contributed by atoms with Crippen LogP contribution in [0.25, 0.3) is 0 Å². The summed E-state index contributed by atoms with van der Waals surface area (Å²) >= 11 is 0. The summed E-state index contributed by atoms with van der Waals surface area (Å²) in [6.07, 6.45) is 5.41. The number of hydrogen-bond donors (Lipinski definition) is 2. The summed E-state index contributed by atoms with van der Waals surface area (Å²) in [5.74, 6) is 0.676. The van der Waals surface area contributed by atoms with Gasteiger partial charge in [0.15, 0.2) is 5.60 Å². The Morgan fingerprint density at radius 3 is 2.96 bits per heavy atom. The number of likely N-dealkylation sites (N-methyl/N-ethyl adjacent to an activating group) is 1. The van der Waals surface area contributed by atoms with Gasteiger partial charge in [-0.05, 0) is 44.6 Å².